The molecule has 0 heterocycles. The molecule has 0 aromatic heterocycles. The van der Waals surface area contributed by atoms with Gasteiger partial charge in [-0.15, -0.1) is 0 Å². The average Bonchev–Trinajstić information content (AvgIpc) is 1.85. The molecule has 0 aromatic carbocycles. The van der Waals surface area contributed by atoms with Crippen LogP contribution in [0.5, 0.6) is 0 Å². The zero-order valence-corrected chi connectivity index (χ0v) is 5.77. The Morgan fingerprint density at radius 1 is 1.45 bits per heavy atom. The Bertz CT molecular complexity index is 230. The van der Waals surface area contributed by atoms with Gasteiger partial charge in [0.15, 0.2) is 5.79 Å². The summed E-state index contributed by atoms with van der Waals surface area (Å²) in [6, 6.07) is 0. The van der Waals surface area contributed by atoms with Crippen LogP contribution >= 0.6 is 0 Å². The van der Waals surface area contributed by atoms with Crippen LogP contribution in [0.15, 0.2) is 24.3 Å². The third-order valence-electron chi connectivity index (χ3n) is 1.52. The third kappa shape index (κ3) is 1.47. The highest BCUT2D eigenvalue weighted by Gasteiger charge is 2.35. The number of nitrogens with two attached hydrogens (primary N) is 1. The summed E-state index contributed by atoms with van der Waals surface area (Å²) in [6.45, 7) is 0. The van der Waals surface area contributed by atoms with Gasteiger partial charge in [0.05, 0.1) is 0 Å². The lowest BCUT2D eigenvalue weighted by Gasteiger charge is -2.25. The van der Waals surface area contributed by atoms with Crippen molar-refractivity contribution < 1.29 is 15.0 Å². The minimum absolute atomic E-state index is 0.754. The minimum Gasteiger partial charge on any atom is -0.369 e. The van der Waals surface area contributed by atoms with Gasteiger partial charge in [0.1, 0.15) is 5.92 Å². The number of aliphatic hydroxyl groups is 2. The molecule has 4 heteroatoms. The van der Waals surface area contributed by atoms with Gasteiger partial charge in [-0.05, 0) is 6.08 Å². The van der Waals surface area contributed by atoms with Crippen molar-refractivity contribution in [1.82, 2.24) is 0 Å². The van der Waals surface area contributed by atoms with Gasteiger partial charge in [-0.25, -0.2) is 0 Å². The largest absolute Gasteiger partial charge is 0.369 e. The van der Waals surface area contributed by atoms with Crippen molar-refractivity contribution in [3.05, 3.63) is 24.3 Å². The number of amides is 1. The Labute approximate surface area is 63.6 Å². The van der Waals surface area contributed by atoms with E-state index in [0.717, 1.165) is 6.08 Å². The molecule has 0 bridgehead atoms. The van der Waals surface area contributed by atoms with E-state index in [2.05, 4.69) is 0 Å². The van der Waals surface area contributed by atoms with Crippen molar-refractivity contribution in [2.24, 2.45) is 11.7 Å². The quantitative estimate of drug-likeness (QED) is 0.420. The molecule has 4 nitrogen and oxygen atoms in total. The Kier molecular flexibility index (Phi) is 1.80. The van der Waals surface area contributed by atoms with E-state index < -0.39 is 17.6 Å². The van der Waals surface area contributed by atoms with E-state index in [-0.39, 0.29) is 0 Å². The van der Waals surface area contributed by atoms with Crippen LogP contribution in [0.2, 0.25) is 0 Å². The Morgan fingerprint density at radius 3 is 2.45 bits per heavy atom. The van der Waals surface area contributed by atoms with E-state index in [0.29, 0.717) is 0 Å². The van der Waals surface area contributed by atoms with E-state index in [1.165, 1.54) is 12.2 Å². The van der Waals surface area contributed by atoms with Crippen LogP contribution in [-0.4, -0.2) is 21.9 Å². The van der Waals surface area contributed by atoms with E-state index >= 15 is 0 Å². The normalized spacial score (nSPS) is 26.9. The van der Waals surface area contributed by atoms with E-state index in [4.69, 9.17) is 15.9 Å². The van der Waals surface area contributed by atoms with Gasteiger partial charge in [-0.3, -0.25) is 4.79 Å². The number of allylic oxidation sites excluding steroid dienone is 2. The summed E-state index contributed by atoms with van der Waals surface area (Å²) in [5.41, 5.74) is 4.90. The van der Waals surface area contributed by atoms with Gasteiger partial charge in [0, 0.05) is 0 Å². The standard InChI is InChI=1S/C7H9NO3/c8-6(9)5-3-1-2-4-7(5,10)11/h1-5,10-11H,(H2,8,9). The number of hydrogen-bond donors (Lipinski definition) is 3. The van der Waals surface area contributed by atoms with Crippen LogP contribution in [0.1, 0.15) is 0 Å². The van der Waals surface area contributed by atoms with Gasteiger partial charge in [-0.2, -0.15) is 0 Å². The second kappa shape index (κ2) is 2.48. The summed E-state index contributed by atoms with van der Waals surface area (Å²) in [5, 5.41) is 18.2. The fourth-order valence-corrected chi connectivity index (χ4v) is 0.922. The summed E-state index contributed by atoms with van der Waals surface area (Å²) >= 11 is 0. The van der Waals surface area contributed by atoms with Gasteiger partial charge >= 0.3 is 0 Å². The fraction of sp³-hybridized carbons (Fsp3) is 0.286. The van der Waals surface area contributed by atoms with E-state index in [1.807, 2.05) is 0 Å². The second-order valence-corrected chi connectivity index (χ2v) is 2.41. The van der Waals surface area contributed by atoms with Gasteiger partial charge in [0.2, 0.25) is 5.91 Å². The zero-order chi connectivity index (χ0) is 8.48. The van der Waals surface area contributed by atoms with Crippen molar-refractivity contribution in [2.45, 2.75) is 5.79 Å². The monoisotopic (exact) mass is 155 g/mol. The highest BCUT2D eigenvalue weighted by atomic mass is 16.5. The molecule has 1 rings (SSSR count). The lowest BCUT2D eigenvalue weighted by atomic mass is 9.93. The molecule has 0 saturated carbocycles. The minimum atomic E-state index is -2.12. The molecule has 60 valence electrons. The van der Waals surface area contributed by atoms with Gasteiger partial charge in [0.25, 0.3) is 0 Å². The maximum atomic E-state index is 10.6. The number of carbonyl (C=O) groups is 1. The summed E-state index contributed by atoms with van der Waals surface area (Å²) in [7, 11) is 0. The molecule has 1 unspecified atom stereocenters. The van der Waals surface area contributed by atoms with Crippen molar-refractivity contribution in [3.8, 4) is 0 Å². The zero-order valence-electron chi connectivity index (χ0n) is 5.77. The molecule has 4 N–H and O–H groups in total. The van der Waals surface area contributed by atoms with E-state index in [1.54, 1.807) is 6.08 Å². The topological polar surface area (TPSA) is 83.6 Å². The maximum Gasteiger partial charge on any atom is 0.230 e. The smallest absolute Gasteiger partial charge is 0.230 e. The summed E-state index contributed by atoms with van der Waals surface area (Å²) < 4.78 is 0. The van der Waals surface area contributed by atoms with Crippen molar-refractivity contribution in [2.75, 3.05) is 0 Å². The number of primary amides is 1. The Hall–Kier alpha value is -1.13. The molecule has 0 radical (unpaired) electrons. The SMILES string of the molecule is NC(=O)C1C=CC=CC1(O)O. The highest BCUT2D eigenvalue weighted by Crippen LogP contribution is 2.20. The molecule has 0 spiro atoms. The third-order valence-corrected chi connectivity index (χ3v) is 1.52. The first-order valence-electron chi connectivity index (χ1n) is 3.14. The summed E-state index contributed by atoms with van der Waals surface area (Å²) in [4.78, 5) is 10.6. The predicted octanol–water partition coefficient (Wildman–Crippen LogP) is -1.11. The number of rotatable bonds is 1. The molecule has 0 fully saturated rings. The highest BCUT2D eigenvalue weighted by molar-refractivity contribution is 5.80. The first-order valence-corrected chi connectivity index (χ1v) is 3.14. The van der Waals surface area contributed by atoms with Crippen LogP contribution in [0.3, 0.4) is 0 Å². The van der Waals surface area contributed by atoms with Crippen molar-refractivity contribution >= 4 is 5.91 Å². The fourth-order valence-electron chi connectivity index (χ4n) is 0.922. The Morgan fingerprint density at radius 2 is 2.09 bits per heavy atom. The molecule has 1 aliphatic carbocycles. The number of hydrogen-bond acceptors (Lipinski definition) is 3. The first-order chi connectivity index (χ1) is 5.04. The van der Waals surface area contributed by atoms with Crippen LogP contribution in [-0.2, 0) is 4.79 Å². The van der Waals surface area contributed by atoms with Crippen molar-refractivity contribution in [3.63, 3.8) is 0 Å². The Balaban J connectivity index is 2.89. The lowest BCUT2D eigenvalue weighted by Crippen LogP contribution is -2.43. The van der Waals surface area contributed by atoms with Crippen molar-refractivity contribution in [1.29, 1.82) is 0 Å². The van der Waals surface area contributed by atoms with Crippen LogP contribution in [0.25, 0.3) is 0 Å². The molecule has 1 atom stereocenters. The lowest BCUT2D eigenvalue weighted by molar-refractivity contribution is -0.161. The maximum absolute atomic E-state index is 10.6. The molecular weight excluding hydrogens is 146 g/mol. The average molecular weight is 155 g/mol. The molecule has 1 aliphatic rings. The van der Waals surface area contributed by atoms with Gasteiger partial charge in [-0.1, -0.05) is 18.2 Å². The van der Waals surface area contributed by atoms with Crippen LogP contribution in [0.4, 0.5) is 0 Å². The van der Waals surface area contributed by atoms with Gasteiger partial charge < -0.3 is 15.9 Å². The van der Waals surface area contributed by atoms with Crippen LogP contribution < -0.4 is 5.73 Å². The molecule has 0 aromatic rings. The molecule has 0 aliphatic heterocycles. The molecule has 11 heavy (non-hydrogen) atoms. The molecule has 0 saturated heterocycles. The first kappa shape index (κ1) is 7.97. The summed E-state index contributed by atoms with van der Waals surface area (Å²) in [6.07, 6.45) is 5.45. The second-order valence-electron chi connectivity index (χ2n) is 2.41. The number of carbonyl (C=O) groups excluding carboxylic acids is 1. The van der Waals surface area contributed by atoms with E-state index in [9.17, 15) is 4.79 Å². The molecule has 1 amide bonds. The van der Waals surface area contributed by atoms with Crippen LogP contribution in [0, 0.1) is 5.92 Å². The predicted molar refractivity (Wildman–Crippen MR) is 38.1 cm³/mol. The molecular formula is C7H9NO3. The summed E-state index contributed by atoms with van der Waals surface area (Å²) in [5.74, 6) is -3.93.